The van der Waals surface area contributed by atoms with E-state index < -0.39 is 0 Å². The van der Waals surface area contributed by atoms with Gasteiger partial charge in [0.05, 0.1) is 0 Å². The second kappa shape index (κ2) is 6.81. The minimum absolute atomic E-state index is 0.0330. The van der Waals surface area contributed by atoms with Gasteiger partial charge in [-0.3, -0.25) is 4.79 Å². The highest BCUT2D eigenvalue weighted by Gasteiger charge is 2.02. The van der Waals surface area contributed by atoms with Crippen LogP contribution in [0.25, 0.3) is 0 Å². The monoisotopic (exact) mass is 348 g/mol. The van der Waals surface area contributed by atoms with Crippen molar-refractivity contribution in [2.45, 2.75) is 19.0 Å². The highest BCUT2D eigenvalue weighted by molar-refractivity contribution is 9.10. The molecular formula is C15H13BrN2OS. The second-order valence-corrected chi connectivity index (χ2v) is 6.01. The smallest absolute Gasteiger partial charge is 0.192 e. The summed E-state index contributed by atoms with van der Waals surface area (Å²) in [5.74, 6) is -0.0330. The summed E-state index contributed by atoms with van der Waals surface area (Å²) in [4.78, 5) is 20.5. The van der Waals surface area contributed by atoms with Crippen LogP contribution in [0, 0.1) is 13.8 Å². The Hall–Kier alpha value is -1.46. The van der Waals surface area contributed by atoms with Gasteiger partial charge in [0.15, 0.2) is 10.9 Å². The number of allylic oxidation sites excluding steroid dienone is 1. The van der Waals surface area contributed by atoms with Gasteiger partial charge in [0.25, 0.3) is 0 Å². The van der Waals surface area contributed by atoms with Crippen molar-refractivity contribution in [3.05, 3.63) is 63.2 Å². The van der Waals surface area contributed by atoms with Gasteiger partial charge in [-0.1, -0.05) is 27.7 Å². The van der Waals surface area contributed by atoms with E-state index in [1.54, 1.807) is 17.5 Å². The van der Waals surface area contributed by atoms with Gasteiger partial charge in [-0.15, -0.1) is 0 Å². The molecule has 0 fully saturated rings. The number of nitrogens with zero attached hydrogens (tertiary/aromatic N) is 2. The molecule has 0 N–H and O–H groups in total. The van der Waals surface area contributed by atoms with E-state index in [1.807, 2.05) is 32.0 Å². The molecule has 1 aromatic carbocycles. The Morgan fingerprint density at radius 2 is 1.75 bits per heavy atom. The molecule has 0 atom stereocenters. The largest absolute Gasteiger partial charge is 0.289 e. The Kier molecular flexibility index (Phi) is 5.09. The van der Waals surface area contributed by atoms with Gasteiger partial charge in [-0.05, 0) is 55.7 Å². The van der Waals surface area contributed by atoms with Gasteiger partial charge >= 0.3 is 0 Å². The Morgan fingerprint density at radius 1 is 1.15 bits per heavy atom. The third kappa shape index (κ3) is 4.28. The molecule has 1 aromatic heterocycles. The van der Waals surface area contributed by atoms with Crippen LogP contribution in [0.1, 0.15) is 21.7 Å². The number of rotatable bonds is 4. The first-order chi connectivity index (χ1) is 9.54. The Labute approximate surface area is 130 Å². The molecule has 0 aliphatic carbocycles. The molecule has 20 heavy (non-hydrogen) atoms. The molecule has 0 radical (unpaired) electrons. The Balaban J connectivity index is 2.02. The van der Waals surface area contributed by atoms with Crippen molar-refractivity contribution in [3.63, 3.8) is 0 Å². The van der Waals surface area contributed by atoms with Crippen LogP contribution < -0.4 is 0 Å². The maximum Gasteiger partial charge on any atom is 0.192 e. The van der Waals surface area contributed by atoms with Crippen LogP contribution in [-0.2, 0) is 0 Å². The molecule has 0 bridgehead atoms. The number of carbonyl (C=O) groups is 1. The highest BCUT2D eigenvalue weighted by atomic mass is 79.9. The molecular weight excluding hydrogens is 336 g/mol. The molecule has 0 unspecified atom stereocenters. The minimum atomic E-state index is -0.0330. The first kappa shape index (κ1) is 14.9. The number of hydrogen-bond donors (Lipinski definition) is 0. The van der Waals surface area contributed by atoms with E-state index in [0.717, 1.165) is 15.9 Å². The molecule has 0 amide bonds. The molecule has 0 aliphatic heterocycles. The SMILES string of the molecule is Cc1cc(C)nc(S/C=C/C(=O)c2ccc(Br)cc2)n1. The lowest BCUT2D eigenvalue weighted by molar-refractivity contribution is 0.104. The molecule has 5 heteroatoms. The Bertz CT molecular complexity index is 633. The van der Waals surface area contributed by atoms with Gasteiger partial charge in [-0.2, -0.15) is 0 Å². The first-order valence-electron chi connectivity index (χ1n) is 6.00. The molecule has 102 valence electrons. The zero-order valence-corrected chi connectivity index (χ0v) is 13.5. The lowest BCUT2D eigenvalue weighted by atomic mass is 10.1. The number of aromatic nitrogens is 2. The number of ketones is 1. The summed E-state index contributed by atoms with van der Waals surface area (Å²) >= 11 is 4.68. The molecule has 0 aliphatic rings. The van der Waals surface area contributed by atoms with E-state index in [9.17, 15) is 4.79 Å². The van der Waals surface area contributed by atoms with Gasteiger partial charge < -0.3 is 0 Å². The number of benzene rings is 1. The van der Waals surface area contributed by atoms with Gasteiger partial charge in [0, 0.05) is 21.4 Å². The van der Waals surface area contributed by atoms with Crippen molar-refractivity contribution in [1.82, 2.24) is 9.97 Å². The molecule has 0 spiro atoms. The summed E-state index contributed by atoms with van der Waals surface area (Å²) in [7, 11) is 0. The third-order valence-corrected chi connectivity index (χ3v) is 3.68. The second-order valence-electron chi connectivity index (χ2n) is 4.23. The fourth-order valence-corrected chi connectivity index (χ4v) is 2.58. The number of hydrogen-bond acceptors (Lipinski definition) is 4. The van der Waals surface area contributed by atoms with Crippen molar-refractivity contribution >= 4 is 33.5 Å². The van der Waals surface area contributed by atoms with E-state index in [4.69, 9.17) is 0 Å². The summed E-state index contributed by atoms with van der Waals surface area (Å²) in [6, 6.07) is 9.19. The molecule has 2 aromatic rings. The van der Waals surface area contributed by atoms with E-state index in [-0.39, 0.29) is 5.78 Å². The van der Waals surface area contributed by atoms with Crippen molar-refractivity contribution in [1.29, 1.82) is 0 Å². The summed E-state index contributed by atoms with van der Waals surface area (Å²) in [5, 5.41) is 2.38. The number of thioether (sulfide) groups is 1. The van der Waals surface area contributed by atoms with Gasteiger partial charge in [0.1, 0.15) is 0 Å². The predicted molar refractivity (Wildman–Crippen MR) is 85.0 cm³/mol. The highest BCUT2D eigenvalue weighted by Crippen LogP contribution is 2.16. The average Bonchev–Trinajstić information content (AvgIpc) is 2.38. The van der Waals surface area contributed by atoms with Crippen LogP contribution >= 0.6 is 27.7 Å². The summed E-state index contributed by atoms with van der Waals surface area (Å²) < 4.78 is 0.955. The van der Waals surface area contributed by atoms with Crippen molar-refractivity contribution in [2.75, 3.05) is 0 Å². The van der Waals surface area contributed by atoms with Gasteiger partial charge in [0.2, 0.25) is 0 Å². The lowest BCUT2D eigenvalue weighted by Gasteiger charge is -1.99. The zero-order valence-electron chi connectivity index (χ0n) is 11.1. The molecule has 2 rings (SSSR count). The topological polar surface area (TPSA) is 42.9 Å². The summed E-state index contributed by atoms with van der Waals surface area (Å²) in [6.07, 6.45) is 1.54. The van der Waals surface area contributed by atoms with Crippen LogP contribution in [0.2, 0.25) is 0 Å². The Morgan fingerprint density at radius 3 is 2.35 bits per heavy atom. The lowest BCUT2D eigenvalue weighted by Crippen LogP contribution is -1.93. The van der Waals surface area contributed by atoms with Crippen molar-refractivity contribution in [2.24, 2.45) is 0 Å². The van der Waals surface area contributed by atoms with Crippen LogP contribution in [0.4, 0.5) is 0 Å². The average molecular weight is 349 g/mol. The quantitative estimate of drug-likeness (QED) is 0.356. The van der Waals surface area contributed by atoms with Crippen LogP contribution in [-0.4, -0.2) is 15.8 Å². The number of aryl methyl sites for hydroxylation is 2. The normalized spacial score (nSPS) is 10.9. The fourth-order valence-electron chi connectivity index (χ4n) is 1.61. The first-order valence-corrected chi connectivity index (χ1v) is 7.67. The fraction of sp³-hybridized carbons (Fsp3) is 0.133. The third-order valence-electron chi connectivity index (χ3n) is 2.48. The van der Waals surface area contributed by atoms with Crippen LogP contribution in [0.3, 0.4) is 0 Å². The van der Waals surface area contributed by atoms with Crippen molar-refractivity contribution < 1.29 is 4.79 Å². The molecule has 0 saturated carbocycles. The molecule has 0 saturated heterocycles. The predicted octanol–water partition coefficient (Wildman–Crippen LogP) is 4.34. The zero-order chi connectivity index (χ0) is 14.5. The molecule has 1 heterocycles. The van der Waals surface area contributed by atoms with E-state index >= 15 is 0 Å². The maximum absolute atomic E-state index is 11.9. The molecule has 3 nitrogen and oxygen atoms in total. The standard InChI is InChI=1S/C15H13BrN2OS/c1-10-9-11(2)18-15(17-10)20-8-7-14(19)12-3-5-13(16)6-4-12/h3-9H,1-2H3/b8-7+. The van der Waals surface area contributed by atoms with Gasteiger partial charge in [-0.25, -0.2) is 9.97 Å². The number of halogens is 1. The maximum atomic E-state index is 11.9. The summed E-state index contributed by atoms with van der Waals surface area (Å²) in [5.41, 5.74) is 2.51. The van der Waals surface area contributed by atoms with E-state index in [1.165, 1.54) is 17.8 Å². The minimum Gasteiger partial charge on any atom is -0.289 e. The summed E-state index contributed by atoms with van der Waals surface area (Å²) in [6.45, 7) is 3.85. The van der Waals surface area contributed by atoms with E-state index in [0.29, 0.717) is 10.7 Å². The van der Waals surface area contributed by atoms with Crippen molar-refractivity contribution in [3.8, 4) is 0 Å². The van der Waals surface area contributed by atoms with E-state index in [2.05, 4.69) is 25.9 Å². The van der Waals surface area contributed by atoms with Crippen LogP contribution in [0.15, 0.2) is 51.4 Å². The number of carbonyl (C=O) groups excluding carboxylic acids is 1. The van der Waals surface area contributed by atoms with Crippen LogP contribution in [0.5, 0.6) is 0 Å².